The first kappa shape index (κ1) is 27.2. The number of carbonyl (C=O) groups excluding carboxylic acids is 2. The maximum atomic E-state index is 11.8. The number of hydrogen-bond acceptors (Lipinski definition) is 6. The van der Waals surface area contributed by atoms with Crippen LogP contribution in [-0.2, 0) is 10.3 Å². The molecular formula is C29H36N6O3. The van der Waals surface area contributed by atoms with Crippen molar-refractivity contribution in [3.05, 3.63) is 41.6 Å². The van der Waals surface area contributed by atoms with E-state index < -0.39 is 11.4 Å². The van der Waals surface area contributed by atoms with Gasteiger partial charge in [-0.25, -0.2) is 0 Å². The van der Waals surface area contributed by atoms with Crippen LogP contribution in [0, 0.1) is 29.6 Å². The summed E-state index contributed by atoms with van der Waals surface area (Å²) in [6.07, 6.45) is 13.9. The second kappa shape index (κ2) is 11.3. The molecule has 1 aromatic carbocycles. The van der Waals surface area contributed by atoms with Crippen LogP contribution in [0.15, 0.2) is 30.5 Å². The summed E-state index contributed by atoms with van der Waals surface area (Å²) in [6.45, 7) is 6.03. The van der Waals surface area contributed by atoms with Gasteiger partial charge < -0.3 is 15.8 Å². The molecule has 2 aliphatic carbocycles. The molecule has 2 amide bonds. The highest BCUT2D eigenvalue weighted by Crippen LogP contribution is 2.42. The Labute approximate surface area is 224 Å². The third-order valence-corrected chi connectivity index (χ3v) is 7.80. The molecule has 9 heteroatoms. The minimum absolute atomic E-state index is 0.118. The zero-order chi connectivity index (χ0) is 27.3. The van der Waals surface area contributed by atoms with Gasteiger partial charge in [0.25, 0.3) is 5.91 Å². The Morgan fingerprint density at radius 1 is 1.26 bits per heavy atom. The maximum Gasteiger partial charge on any atom is 0.254 e. The number of nitriles is 1. The largest absolute Gasteiger partial charge is 0.485 e. The lowest BCUT2D eigenvalue weighted by molar-refractivity contribution is -0.105. The third kappa shape index (κ3) is 6.17. The van der Waals surface area contributed by atoms with E-state index in [9.17, 15) is 14.9 Å². The fourth-order valence-corrected chi connectivity index (χ4v) is 5.30. The predicted molar refractivity (Wildman–Crippen MR) is 144 cm³/mol. The quantitative estimate of drug-likeness (QED) is 0.407. The first-order valence-corrected chi connectivity index (χ1v) is 13.2. The molecule has 0 spiro atoms. The Morgan fingerprint density at radius 3 is 2.39 bits per heavy atom. The number of terminal acetylenes is 1. The van der Waals surface area contributed by atoms with E-state index in [0.29, 0.717) is 12.5 Å². The topological polar surface area (TPSA) is 126 Å². The van der Waals surface area contributed by atoms with Crippen LogP contribution in [0.3, 0.4) is 0 Å². The number of benzene rings is 1. The standard InChI is InChI=1S/C25H28N6O3.C4H8/c1-3-18-4-6-20(7-5-18)34-24(2)15-30(16-24)19-8-10-25(11-9-19,12-13-26)31-14-21(22(27)33)23(29-31)28-17-32;1-4-2-3-4/h1,4-7,14,17,19H,8-12,15-16H2,2H3,(H2,27,33)(H,28,29,32);4H,2-3H2,1H3. The van der Waals surface area contributed by atoms with Gasteiger partial charge in [-0.2, -0.15) is 10.4 Å². The van der Waals surface area contributed by atoms with Crippen LogP contribution in [0.2, 0.25) is 0 Å². The summed E-state index contributed by atoms with van der Waals surface area (Å²) < 4.78 is 7.88. The Hall–Kier alpha value is -3.82. The average Bonchev–Trinajstić information content (AvgIpc) is 3.55. The second-order valence-corrected chi connectivity index (χ2v) is 11.1. The highest BCUT2D eigenvalue weighted by molar-refractivity contribution is 5.99. The molecule has 0 atom stereocenters. The first-order valence-electron chi connectivity index (χ1n) is 13.2. The molecule has 38 heavy (non-hydrogen) atoms. The van der Waals surface area contributed by atoms with Gasteiger partial charge in [0.15, 0.2) is 5.82 Å². The van der Waals surface area contributed by atoms with Crippen molar-refractivity contribution in [2.24, 2.45) is 11.7 Å². The van der Waals surface area contributed by atoms with E-state index in [0.717, 1.165) is 56.0 Å². The van der Waals surface area contributed by atoms with E-state index in [-0.39, 0.29) is 23.4 Å². The molecule has 1 saturated heterocycles. The number of nitrogens with zero attached hydrogens (tertiary/aromatic N) is 4. The van der Waals surface area contributed by atoms with Crippen molar-refractivity contribution in [1.29, 1.82) is 5.26 Å². The normalized spacial score (nSPS) is 23.9. The summed E-state index contributed by atoms with van der Waals surface area (Å²) >= 11 is 0. The molecule has 3 aliphatic rings. The minimum Gasteiger partial charge on any atom is -0.485 e. The summed E-state index contributed by atoms with van der Waals surface area (Å²) in [4.78, 5) is 25.1. The van der Waals surface area contributed by atoms with Crippen LogP contribution in [0.25, 0.3) is 0 Å². The third-order valence-electron chi connectivity index (χ3n) is 7.80. The van der Waals surface area contributed by atoms with Crippen LogP contribution in [-0.4, -0.2) is 51.7 Å². The Bertz CT molecular complexity index is 1220. The molecule has 3 N–H and O–H groups in total. The molecule has 0 radical (unpaired) electrons. The van der Waals surface area contributed by atoms with E-state index in [2.05, 4.69) is 41.2 Å². The fraction of sp³-hybridized carbons (Fsp3) is 0.517. The maximum absolute atomic E-state index is 11.8. The number of nitrogens with two attached hydrogens (primary N) is 1. The van der Waals surface area contributed by atoms with E-state index in [1.165, 1.54) is 12.8 Å². The summed E-state index contributed by atoms with van der Waals surface area (Å²) in [5.41, 5.74) is 5.61. The lowest BCUT2D eigenvalue weighted by Crippen LogP contribution is -2.66. The lowest BCUT2D eigenvalue weighted by Gasteiger charge is -2.53. The van der Waals surface area contributed by atoms with Crippen molar-refractivity contribution < 1.29 is 14.3 Å². The van der Waals surface area contributed by atoms with Crippen LogP contribution in [0.1, 0.15) is 74.7 Å². The van der Waals surface area contributed by atoms with Crippen molar-refractivity contribution in [3.63, 3.8) is 0 Å². The van der Waals surface area contributed by atoms with Gasteiger partial charge in [-0.15, -0.1) is 6.42 Å². The molecule has 2 heterocycles. The number of nitrogens with one attached hydrogen (secondary N) is 1. The highest BCUT2D eigenvalue weighted by Gasteiger charge is 2.47. The number of carbonyl (C=O) groups is 2. The van der Waals surface area contributed by atoms with Crippen LogP contribution in [0.5, 0.6) is 5.75 Å². The Balaban J connectivity index is 0.000000768. The van der Waals surface area contributed by atoms with Crippen molar-refractivity contribution in [2.45, 2.75) is 76.0 Å². The van der Waals surface area contributed by atoms with Gasteiger partial charge in [0, 0.05) is 30.9 Å². The molecule has 5 rings (SSSR count). The summed E-state index contributed by atoms with van der Waals surface area (Å²) in [6, 6.07) is 10.2. The Kier molecular flexibility index (Phi) is 8.08. The number of anilines is 1. The van der Waals surface area contributed by atoms with Crippen LogP contribution < -0.4 is 15.8 Å². The summed E-state index contributed by atoms with van der Waals surface area (Å²) in [7, 11) is 0. The lowest BCUT2D eigenvalue weighted by atomic mass is 9.76. The van der Waals surface area contributed by atoms with E-state index in [4.69, 9.17) is 16.9 Å². The molecule has 1 aliphatic heterocycles. The molecule has 2 aromatic rings. The molecule has 200 valence electrons. The zero-order valence-corrected chi connectivity index (χ0v) is 22.2. The Morgan fingerprint density at radius 2 is 1.89 bits per heavy atom. The average molecular weight is 517 g/mol. The SMILES string of the molecule is C#Cc1ccc(OC2(C)CN(C3CCC(CC#N)(n4cc(C(N)=O)c(NC=O)n4)CC3)C2)cc1.CC1CC1. The van der Waals surface area contributed by atoms with Gasteiger partial charge in [0.05, 0.1) is 18.0 Å². The number of rotatable bonds is 8. The number of aromatic nitrogens is 2. The monoisotopic (exact) mass is 516 g/mol. The first-order chi connectivity index (χ1) is 18.2. The number of likely N-dealkylation sites (tertiary alicyclic amines) is 1. The molecule has 2 saturated carbocycles. The van der Waals surface area contributed by atoms with Crippen molar-refractivity contribution in [2.75, 3.05) is 18.4 Å². The van der Waals surface area contributed by atoms with Gasteiger partial charge in [-0.1, -0.05) is 25.7 Å². The van der Waals surface area contributed by atoms with Crippen molar-refractivity contribution in [1.82, 2.24) is 14.7 Å². The second-order valence-electron chi connectivity index (χ2n) is 11.1. The number of ether oxygens (including phenoxy) is 1. The highest BCUT2D eigenvalue weighted by atomic mass is 16.5. The van der Waals surface area contributed by atoms with Gasteiger partial charge in [0.2, 0.25) is 6.41 Å². The van der Waals surface area contributed by atoms with Crippen molar-refractivity contribution in [3.8, 4) is 24.2 Å². The summed E-state index contributed by atoms with van der Waals surface area (Å²) in [5.74, 6) is 3.94. The smallest absolute Gasteiger partial charge is 0.254 e. The van der Waals surface area contributed by atoms with Crippen LogP contribution in [0.4, 0.5) is 5.82 Å². The van der Waals surface area contributed by atoms with E-state index in [1.54, 1.807) is 10.9 Å². The fourth-order valence-electron chi connectivity index (χ4n) is 5.30. The molecule has 1 aromatic heterocycles. The number of amides is 2. The number of primary amides is 1. The van der Waals surface area contributed by atoms with Gasteiger partial charge in [-0.3, -0.25) is 19.2 Å². The predicted octanol–water partition coefficient (Wildman–Crippen LogP) is 3.65. The molecular weight excluding hydrogens is 480 g/mol. The van der Waals surface area contributed by atoms with Gasteiger partial charge in [0.1, 0.15) is 16.9 Å². The number of hydrogen-bond donors (Lipinski definition) is 2. The molecule has 0 bridgehead atoms. The van der Waals surface area contributed by atoms with E-state index >= 15 is 0 Å². The van der Waals surface area contributed by atoms with Crippen molar-refractivity contribution >= 4 is 18.1 Å². The van der Waals surface area contributed by atoms with Crippen LogP contribution >= 0.6 is 0 Å². The summed E-state index contributed by atoms with van der Waals surface area (Å²) in [5, 5.41) is 16.3. The van der Waals surface area contributed by atoms with Gasteiger partial charge in [-0.05, 0) is 62.8 Å². The zero-order valence-electron chi connectivity index (χ0n) is 22.2. The van der Waals surface area contributed by atoms with E-state index in [1.807, 2.05) is 24.3 Å². The van der Waals surface area contributed by atoms with Gasteiger partial charge >= 0.3 is 0 Å². The molecule has 9 nitrogen and oxygen atoms in total. The molecule has 0 unspecified atom stereocenters. The molecule has 3 fully saturated rings. The minimum atomic E-state index is -0.676.